The van der Waals surface area contributed by atoms with Crippen molar-refractivity contribution in [2.75, 3.05) is 6.61 Å². The lowest BCUT2D eigenvalue weighted by Crippen LogP contribution is -1.97. The number of ether oxygens (including phenoxy) is 1. The topological polar surface area (TPSA) is 9.23 Å². The lowest BCUT2D eigenvalue weighted by Gasteiger charge is -2.08. The maximum atomic E-state index is 5.80. The van der Waals surface area contributed by atoms with Crippen LogP contribution >= 0.6 is 0 Å². The van der Waals surface area contributed by atoms with E-state index in [0.29, 0.717) is 6.61 Å². The Morgan fingerprint density at radius 3 is 2.47 bits per heavy atom. The second kappa shape index (κ2) is 7.83. The molecule has 0 bridgehead atoms. The summed E-state index contributed by atoms with van der Waals surface area (Å²) in [6.07, 6.45) is 6.69. The van der Waals surface area contributed by atoms with Crippen molar-refractivity contribution in [1.29, 1.82) is 0 Å². The van der Waals surface area contributed by atoms with Crippen LogP contribution in [-0.4, -0.2) is 6.61 Å². The molecule has 104 valence electrons. The largest absolute Gasteiger partial charge is 0.489 e. The molecule has 0 aromatic heterocycles. The summed E-state index contributed by atoms with van der Waals surface area (Å²) in [6.45, 7) is 11.3. The van der Waals surface area contributed by atoms with Gasteiger partial charge in [-0.15, -0.1) is 0 Å². The number of benzene rings is 1. The zero-order valence-corrected chi connectivity index (χ0v) is 12.9. The first-order chi connectivity index (χ1) is 8.99. The molecule has 0 aliphatic heterocycles. The van der Waals surface area contributed by atoms with E-state index in [0.717, 1.165) is 18.6 Å². The lowest BCUT2D eigenvalue weighted by molar-refractivity contribution is 0.359. The number of hydrogen-bond donors (Lipinski definition) is 0. The minimum atomic E-state index is 0.657. The van der Waals surface area contributed by atoms with Crippen molar-refractivity contribution in [3.05, 3.63) is 52.6 Å². The summed E-state index contributed by atoms with van der Waals surface area (Å²) in [5, 5.41) is 0. The minimum absolute atomic E-state index is 0.657. The van der Waals surface area contributed by atoms with Gasteiger partial charge in [-0.1, -0.05) is 34.9 Å². The van der Waals surface area contributed by atoms with E-state index in [1.165, 1.54) is 22.3 Å². The Morgan fingerprint density at radius 2 is 1.84 bits per heavy atom. The molecule has 1 nitrogen and oxygen atoms in total. The molecule has 0 saturated carbocycles. The monoisotopic (exact) mass is 258 g/mol. The highest BCUT2D eigenvalue weighted by molar-refractivity contribution is 5.35. The zero-order valence-electron chi connectivity index (χ0n) is 12.9. The van der Waals surface area contributed by atoms with Crippen LogP contribution in [0.15, 0.2) is 41.5 Å². The lowest BCUT2D eigenvalue weighted by atomic mass is 10.1. The molecule has 0 aliphatic rings. The summed E-state index contributed by atoms with van der Waals surface area (Å²) < 4.78 is 5.80. The molecule has 1 heteroatoms. The quantitative estimate of drug-likeness (QED) is 0.623. The molecular weight excluding hydrogens is 232 g/mol. The smallest absolute Gasteiger partial charge is 0.122 e. The van der Waals surface area contributed by atoms with Crippen molar-refractivity contribution in [2.24, 2.45) is 0 Å². The van der Waals surface area contributed by atoms with Crippen molar-refractivity contribution in [1.82, 2.24) is 0 Å². The van der Waals surface area contributed by atoms with Gasteiger partial charge in [0.1, 0.15) is 12.4 Å². The van der Waals surface area contributed by atoms with Gasteiger partial charge >= 0.3 is 0 Å². The standard InChI is InChI=1S/C18H26O/c1-14(2)7-6-8-15(3)11-12-19-18-10-9-16(4)13-17(18)5/h7,9-11,13H,6,8,12H2,1-5H3/b15-11+. The third kappa shape index (κ3) is 6.28. The van der Waals surface area contributed by atoms with Crippen LogP contribution in [0.4, 0.5) is 0 Å². The van der Waals surface area contributed by atoms with Crippen molar-refractivity contribution in [3.63, 3.8) is 0 Å². The zero-order chi connectivity index (χ0) is 14.3. The minimum Gasteiger partial charge on any atom is -0.489 e. The number of aryl methyl sites for hydroxylation is 2. The van der Waals surface area contributed by atoms with Gasteiger partial charge in [-0.3, -0.25) is 0 Å². The molecule has 1 aromatic carbocycles. The Labute approximate surface area is 118 Å². The molecule has 0 radical (unpaired) electrons. The highest BCUT2D eigenvalue weighted by atomic mass is 16.5. The summed E-state index contributed by atoms with van der Waals surface area (Å²) in [5.41, 5.74) is 5.26. The first kappa shape index (κ1) is 15.6. The summed E-state index contributed by atoms with van der Waals surface area (Å²) in [7, 11) is 0. The second-order valence-electron chi connectivity index (χ2n) is 5.45. The normalized spacial score (nSPS) is 11.3. The molecule has 1 rings (SSSR count). The fraction of sp³-hybridized carbons (Fsp3) is 0.444. The molecule has 0 spiro atoms. The molecule has 0 atom stereocenters. The third-order valence-corrected chi connectivity index (χ3v) is 3.09. The maximum absolute atomic E-state index is 5.80. The Hall–Kier alpha value is -1.50. The summed E-state index contributed by atoms with van der Waals surface area (Å²) in [4.78, 5) is 0. The first-order valence-corrected chi connectivity index (χ1v) is 6.98. The molecule has 0 heterocycles. The molecule has 0 saturated heterocycles. The highest BCUT2D eigenvalue weighted by Gasteiger charge is 1.98. The van der Waals surface area contributed by atoms with Gasteiger partial charge in [0.05, 0.1) is 0 Å². The van der Waals surface area contributed by atoms with Crippen LogP contribution in [0, 0.1) is 13.8 Å². The first-order valence-electron chi connectivity index (χ1n) is 6.98. The van der Waals surface area contributed by atoms with Crippen LogP contribution in [0.2, 0.25) is 0 Å². The third-order valence-electron chi connectivity index (χ3n) is 3.09. The van der Waals surface area contributed by atoms with Gasteiger partial charge in [0.25, 0.3) is 0 Å². The van der Waals surface area contributed by atoms with Crippen LogP contribution in [0.5, 0.6) is 5.75 Å². The van der Waals surface area contributed by atoms with Gasteiger partial charge in [0.15, 0.2) is 0 Å². The number of rotatable bonds is 6. The summed E-state index contributed by atoms with van der Waals surface area (Å²) in [6, 6.07) is 6.30. The van der Waals surface area contributed by atoms with Crippen molar-refractivity contribution < 1.29 is 4.74 Å². The summed E-state index contributed by atoms with van der Waals surface area (Å²) in [5.74, 6) is 0.985. The van der Waals surface area contributed by atoms with E-state index in [2.05, 4.69) is 65.0 Å². The number of hydrogen-bond acceptors (Lipinski definition) is 1. The van der Waals surface area contributed by atoms with Gasteiger partial charge in [-0.2, -0.15) is 0 Å². The van der Waals surface area contributed by atoms with Crippen molar-refractivity contribution in [2.45, 2.75) is 47.5 Å². The SMILES string of the molecule is CC(C)=CCC/C(C)=C/COc1ccc(C)cc1C. The predicted molar refractivity (Wildman–Crippen MR) is 83.8 cm³/mol. The predicted octanol–water partition coefficient (Wildman–Crippen LogP) is 5.37. The Morgan fingerprint density at radius 1 is 1.11 bits per heavy atom. The molecule has 0 fully saturated rings. The van der Waals surface area contributed by atoms with Crippen LogP contribution in [0.1, 0.15) is 44.7 Å². The van der Waals surface area contributed by atoms with Crippen LogP contribution in [-0.2, 0) is 0 Å². The Kier molecular flexibility index (Phi) is 6.41. The molecule has 0 aliphatic carbocycles. The van der Waals surface area contributed by atoms with E-state index in [1.807, 2.05) is 0 Å². The highest BCUT2D eigenvalue weighted by Crippen LogP contribution is 2.18. The summed E-state index contributed by atoms with van der Waals surface area (Å²) >= 11 is 0. The van der Waals surface area contributed by atoms with E-state index in [1.54, 1.807) is 0 Å². The molecule has 0 amide bonds. The molecule has 0 unspecified atom stereocenters. The fourth-order valence-corrected chi connectivity index (χ4v) is 1.93. The Balaban J connectivity index is 2.42. The van der Waals surface area contributed by atoms with Crippen molar-refractivity contribution in [3.8, 4) is 5.75 Å². The van der Waals surface area contributed by atoms with Gasteiger partial charge in [-0.05, 0) is 65.2 Å². The van der Waals surface area contributed by atoms with E-state index >= 15 is 0 Å². The fourth-order valence-electron chi connectivity index (χ4n) is 1.93. The average molecular weight is 258 g/mol. The van der Waals surface area contributed by atoms with E-state index in [9.17, 15) is 0 Å². The van der Waals surface area contributed by atoms with Crippen LogP contribution in [0.3, 0.4) is 0 Å². The van der Waals surface area contributed by atoms with Crippen LogP contribution in [0.25, 0.3) is 0 Å². The average Bonchev–Trinajstić information content (AvgIpc) is 2.31. The van der Waals surface area contributed by atoms with E-state index in [4.69, 9.17) is 4.74 Å². The molecule has 0 N–H and O–H groups in total. The van der Waals surface area contributed by atoms with Gasteiger partial charge in [0, 0.05) is 0 Å². The van der Waals surface area contributed by atoms with Gasteiger partial charge in [-0.25, -0.2) is 0 Å². The van der Waals surface area contributed by atoms with Gasteiger partial charge < -0.3 is 4.74 Å². The maximum Gasteiger partial charge on any atom is 0.122 e. The molecule has 1 aromatic rings. The van der Waals surface area contributed by atoms with Crippen molar-refractivity contribution >= 4 is 0 Å². The van der Waals surface area contributed by atoms with E-state index < -0.39 is 0 Å². The van der Waals surface area contributed by atoms with Gasteiger partial charge in [0.2, 0.25) is 0 Å². The molecular formula is C18H26O. The number of allylic oxidation sites excluding steroid dienone is 3. The Bertz CT molecular complexity index is 463. The molecule has 19 heavy (non-hydrogen) atoms. The second-order valence-corrected chi connectivity index (χ2v) is 5.45. The van der Waals surface area contributed by atoms with Crippen LogP contribution < -0.4 is 4.74 Å². The van der Waals surface area contributed by atoms with E-state index in [-0.39, 0.29) is 0 Å².